The van der Waals surface area contributed by atoms with Crippen molar-refractivity contribution in [2.45, 2.75) is 6.92 Å². The van der Waals surface area contributed by atoms with E-state index in [1.165, 1.54) is 0 Å². The lowest BCUT2D eigenvalue weighted by molar-refractivity contribution is -0.136. The van der Waals surface area contributed by atoms with Gasteiger partial charge in [-0.2, -0.15) is 4.79 Å². The predicted molar refractivity (Wildman–Crippen MR) is 43.5 cm³/mol. The molecule has 68 valence electrons. The second kappa shape index (κ2) is 8.20. The normalized spacial score (nSPS) is 7.25. The van der Waals surface area contributed by atoms with E-state index in [0.717, 1.165) is 6.92 Å². The maximum atomic E-state index is 10.1. The summed E-state index contributed by atoms with van der Waals surface area (Å²) in [6.45, 7) is 1.00. The van der Waals surface area contributed by atoms with E-state index in [1.807, 2.05) is 0 Å². The molecule has 0 unspecified atom stereocenters. The highest BCUT2D eigenvalue weighted by Gasteiger charge is 2.23. The molecule has 0 amide bonds. The highest BCUT2D eigenvalue weighted by atomic mass is 35.5. The van der Waals surface area contributed by atoms with Crippen molar-refractivity contribution < 1.29 is 19.5 Å². The quantitative estimate of drug-likeness (QED) is 0.241. The van der Waals surface area contributed by atoms with E-state index < -0.39 is 17.5 Å². The molecule has 0 atom stereocenters. The number of carbonyl (C=O) groups excluding carboxylic acids is 1. The number of Topliss-reactive ketones (excluding diaryl/α,β-unsaturated/α-hetero) is 1. The molecule has 0 rings (SSSR count). The summed E-state index contributed by atoms with van der Waals surface area (Å²) < 4.78 is 0. The van der Waals surface area contributed by atoms with Gasteiger partial charge in [-0.05, 0) is 0 Å². The maximum absolute atomic E-state index is 10.1. The number of ketones is 1. The first-order valence-corrected chi connectivity index (χ1v) is 3.66. The third-order valence-corrected chi connectivity index (χ3v) is 0.636. The minimum absolute atomic E-state index is 0.194. The molecule has 1 N–H and O–H groups in total. The lowest BCUT2D eigenvalue weighted by Crippen LogP contribution is -2.21. The first-order chi connectivity index (χ1) is 5.51. The Balaban J connectivity index is 0. The monoisotopic (exact) mass is 212 g/mol. The van der Waals surface area contributed by atoms with Gasteiger partial charge in [-0.1, -0.05) is 0 Å². The zero-order valence-electron chi connectivity index (χ0n) is 6.12. The van der Waals surface area contributed by atoms with Crippen molar-refractivity contribution in [1.82, 2.24) is 0 Å². The minimum atomic E-state index is -1.52. The van der Waals surface area contributed by atoms with Crippen molar-refractivity contribution in [3.05, 3.63) is 5.53 Å². The Bertz CT molecular complexity index is 207. The van der Waals surface area contributed by atoms with Gasteiger partial charge in [-0.3, -0.25) is 4.79 Å². The Morgan fingerprint density at radius 3 is 1.83 bits per heavy atom. The molecule has 12 heavy (non-hydrogen) atoms. The second-order valence-corrected chi connectivity index (χ2v) is 2.22. The fraction of sp³-hybridized carbons (Fsp3) is 0.400. The summed E-state index contributed by atoms with van der Waals surface area (Å²) in [5, 5.41) is 8.23. The number of hydrogen-bond acceptors (Lipinski definition) is 2. The summed E-state index contributed by atoms with van der Waals surface area (Å²) >= 11 is 9.53. The van der Waals surface area contributed by atoms with Gasteiger partial charge < -0.3 is 10.6 Å². The van der Waals surface area contributed by atoms with Crippen LogP contribution in [0.25, 0.3) is 5.53 Å². The summed E-state index contributed by atoms with van der Waals surface area (Å²) in [6, 6.07) is 0. The number of carboxylic acid groups (broad SMARTS) is 1. The molecule has 0 saturated carbocycles. The van der Waals surface area contributed by atoms with Crippen LogP contribution in [0.15, 0.2) is 0 Å². The molecular formula is C5H6Cl2N2O3. The van der Waals surface area contributed by atoms with Gasteiger partial charge in [0.1, 0.15) is 0 Å². The van der Waals surface area contributed by atoms with Gasteiger partial charge in [0.2, 0.25) is 5.78 Å². The van der Waals surface area contributed by atoms with Crippen LogP contribution in [0.4, 0.5) is 0 Å². The summed E-state index contributed by atoms with van der Waals surface area (Å²) in [5.41, 5.74) is 7.00. The van der Waals surface area contributed by atoms with Crippen molar-refractivity contribution in [1.29, 1.82) is 0 Å². The lowest BCUT2D eigenvalue weighted by Gasteiger charge is -1.77. The van der Waals surface area contributed by atoms with Crippen LogP contribution in [0.5, 0.6) is 0 Å². The van der Waals surface area contributed by atoms with Crippen LogP contribution >= 0.6 is 23.2 Å². The molecule has 7 heteroatoms. The predicted octanol–water partition coefficient (Wildman–Crippen LogP) is 0.752. The molecule has 0 spiro atoms. The van der Waals surface area contributed by atoms with Crippen LogP contribution in [0.3, 0.4) is 0 Å². The number of carboxylic acids is 1. The molecule has 5 nitrogen and oxygen atoms in total. The molecule has 0 saturated heterocycles. The van der Waals surface area contributed by atoms with Crippen LogP contribution in [0.2, 0.25) is 0 Å². The van der Waals surface area contributed by atoms with E-state index in [4.69, 9.17) is 33.8 Å². The van der Waals surface area contributed by atoms with Crippen LogP contribution < -0.4 is 0 Å². The number of alkyl halides is 2. The van der Waals surface area contributed by atoms with Gasteiger partial charge in [0.25, 0.3) is 0 Å². The van der Waals surface area contributed by atoms with Crippen LogP contribution in [0, 0.1) is 0 Å². The highest BCUT2D eigenvalue weighted by Crippen LogP contribution is 1.73. The van der Waals surface area contributed by atoms with Crippen molar-refractivity contribution in [3.63, 3.8) is 0 Å². The Hall–Kier alpha value is -0.900. The molecule has 0 aliphatic rings. The fourth-order valence-corrected chi connectivity index (χ4v) is 0.264. The average molecular weight is 213 g/mol. The standard InChI is InChI=1S/C4H4N2O3.CH2Cl2/c1-2(7)3(6-5)4(8)9;2-1-3/h1H3,(H,8,9);1H2. The van der Waals surface area contributed by atoms with Gasteiger partial charge in [-0.25, -0.2) is 4.79 Å². The van der Waals surface area contributed by atoms with Crippen molar-refractivity contribution in [2.24, 2.45) is 0 Å². The van der Waals surface area contributed by atoms with Crippen molar-refractivity contribution >= 4 is 40.7 Å². The Labute approximate surface area is 78.5 Å². The average Bonchev–Trinajstić information content (AvgIpc) is 1.88. The summed E-state index contributed by atoms with van der Waals surface area (Å²) in [6.07, 6.45) is 0. The molecular weight excluding hydrogens is 207 g/mol. The van der Waals surface area contributed by atoms with Crippen LogP contribution in [-0.2, 0) is 9.59 Å². The molecule has 0 heterocycles. The van der Waals surface area contributed by atoms with Crippen molar-refractivity contribution in [2.75, 3.05) is 5.34 Å². The zero-order chi connectivity index (χ0) is 10.1. The molecule has 0 fully saturated rings. The number of halogens is 2. The number of hydrogen-bond donors (Lipinski definition) is 1. The topological polar surface area (TPSA) is 90.8 Å². The summed E-state index contributed by atoms with van der Waals surface area (Å²) in [4.78, 5) is 22.3. The number of nitrogens with zero attached hydrogens (tertiary/aromatic N) is 2. The van der Waals surface area contributed by atoms with Crippen LogP contribution in [-0.4, -0.2) is 32.7 Å². The molecule has 0 aliphatic heterocycles. The zero-order valence-corrected chi connectivity index (χ0v) is 7.63. The lowest BCUT2D eigenvalue weighted by atomic mass is 10.3. The molecule has 0 aliphatic carbocycles. The highest BCUT2D eigenvalue weighted by molar-refractivity contribution is 6.61. The first kappa shape index (κ1) is 13.7. The number of carbonyl (C=O) groups is 2. The van der Waals surface area contributed by atoms with E-state index in [0.29, 0.717) is 0 Å². The van der Waals surface area contributed by atoms with E-state index in [1.54, 1.807) is 0 Å². The SMILES string of the molecule is CC(=O)C(=[N+]=[N-])C(=O)O.ClCCl. The Morgan fingerprint density at radius 1 is 1.50 bits per heavy atom. The van der Waals surface area contributed by atoms with Crippen LogP contribution in [0.1, 0.15) is 6.92 Å². The maximum Gasteiger partial charge on any atom is 0.440 e. The smallest absolute Gasteiger partial charge is 0.440 e. The third kappa shape index (κ3) is 7.21. The summed E-state index contributed by atoms with van der Waals surface area (Å²) in [7, 11) is 0. The van der Waals surface area contributed by atoms with E-state index in [9.17, 15) is 9.59 Å². The van der Waals surface area contributed by atoms with E-state index in [-0.39, 0.29) is 5.34 Å². The van der Waals surface area contributed by atoms with Gasteiger partial charge >= 0.3 is 11.7 Å². The minimum Gasteiger partial charge on any atom is -0.472 e. The second-order valence-electron chi connectivity index (χ2n) is 1.41. The Kier molecular flexibility index (Phi) is 9.34. The fourth-order valence-electron chi connectivity index (χ4n) is 0.264. The first-order valence-electron chi connectivity index (χ1n) is 2.59. The van der Waals surface area contributed by atoms with E-state index in [2.05, 4.69) is 4.79 Å². The Morgan fingerprint density at radius 2 is 1.83 bits per heavy atom. The van der Waals surface area contributed by atoms with Gasteiger partial charge in [-0.15, -0.1) is 23.2 Å². The van der Waals surface area contributed by atoms with Gasteiger partial charge in [0.15, 0.2) is 0 Å². The number of rotatable bonds is 2. The molecule has 0 aromatic heterocycles. The van der Waals surface area contributed by atoms with Crippen molar-refractivity contribution in [3.8, 4) is 0 Å². The van der Waals surface area contributed by atoms with Gasteiger partial charge in [0.05, 0.1) is 5.34 Å². The molecule has 0 bridgehead atoms. The van der Waals surface area contributed by atoms with Gasteiger partial charge in [0, 0.05) is 6.92 Å². The molecule has 0 aromatic carbocycles. The summed E-state index contributed by atoms with van der Waals surface area (Å²) in [5.74, 6) is -2.30. The van der Waals surface area contributed by atoms with E-state index >= 15 is 0 Å². The molecule has 0 radical (unpaired) electrons. The third-order valence-electron chi connectivity index (χ3n) is 0.636. The largest absolute Gasteiger partial charge is 0.472 e. The number of aliphatic carboxylic acids is 1. The molecule has 0 aromatic rings.